The van der Waals surface area contributed by atoms with Gasteiger partial charge in [0, 0.05) is 22.7 Å². The predicted molar refractivity (Wildman–Crippen MR) is 136 cm³/mol. The van der Waals surface area contributed by atoms with Crippen LogP contribution in [0.2, 0.25) is 0 Å². The number of primary amides is 1. The molecule has 0 aromatic heterocycles. The normalized spacial score (nSPS) is 27.3. The number of fused-ring (bicyclic) bond motifs is 4. The van der Waals surface area contributed by atoms with E-state index >= 15 is 0 Å². The first-order valence-corrected chi connectivity index (χ1v) is 12.7. The Labute approximate surface area is 200 Å². The van der Waals surface area contributed by atoms with Crippen LogP contribution in [-0.2, 0) is 9.53 Å². The first-order chi connectivity index (χ1) is 16.2. The highest BCUT2D eigenvalue weighted by atomic mass is 32.2. The van der Waals surface area contributed by atoms with E-state index in [9.17, 15) is 4.79 Å². The maximum atomic E-state index is 11.6. The van der Waals surface area contributed by atoms with E-state index in [0.29, 0.717) is 11.5 Å². The Morgan fingerprint density at radius 2 is 1.91 bits per heavy atom. The Hall–Kier alpha value is -2.70. The summed E-state index contributed by atoms with van der Waals surface area (Å²) >= 11 is 1.44. The maximum Gasteiger partial charge on any atom is 0.255 e. The summed E-state index contributed by atoms with van der Waals surface area (Å²) in [6, 6.07) is 8.41. The number of hydrogen-bond acceptors (Lipinski definition) is 5. The highest BCUT2D eigenvalue weighted by molar-refractivity contribution is 8.08. The molecule has 3 fully saturated rings. The number of rotatable bonds is 3. The van der Waals surface area contributed by atoms with Crippen molar-refractivity contribution in [2.45, 2.75) is 19.3 Å². The number of nitrogens with two attached hydrogens (primary N) is 1. The van der Waals surface area contributed by atoms with Crippen LogP contribution in [0.5, 0.6) is 0 Å². The number of allylic oxidation sites excluding steroid dienone is 6. The molecule has 1 aliphatic carbocycles. The molecule has 6 aliphatic rings. The Kier molecular flexibility index (Phi) is 6.74. The average molecular weight is 462 g/mol. The van der Waals surface area contributed by atoms with Gasteiger partial charge < -0.3 is 20.3 Å². The number of nitrogens with zero attached hydrogens (tertiary/aromatic N) is 2. The second-order valence-electron chi connectivity index (χ2n) is 9.04. The van der Waals surface area contributed by atoms with Crippen LogP contribution in [0.4, 0.5) is 5.69 Å². The highest BCUT2D eigenvalue weighted by Crippen LogP contribution is 2.43. The van der Waals surface area contributed by atoms with Crippen LogP contribution in [0.1, 0.15) is 24.8 Å². The Morgan fingerprint density at radius 3 is 2.55 bits per heavy atom. The molecule has 1 amide bonds. The van der Waals surface area contributed by atoms with E-state index in [4.69, 9.17) is 10.5 Å². The maximum absolute atomic E-state index is 11.6. The molecular weight excluding hydrogens is 430 g/mol. The summed E-state index contributed by atoms with van der Waals surface area (Å²) in [4.78, 5) is 18.1. The summed E-state index contributed by atoms with van der Waals surface area (Å²) in [5, 5.41) is 0. The molecule has 0 saturated carbocycles. The monoisotopic (exact) mass is 461 g/mol. The fourth-order valence-electron chi connectivity index (χ4n) is 4.91. The van der Waals surface area contributed by atoms with Crippen molar-refractivity contribution in [2.75, 3.05) is 37.7 Å². The third kappa shape index (κ3) is 5.28. The minimum Gasteiger partial charge on any atom is -0.498 e. The summed E-state index contributed by atoms with van der Waals surface area (Å²) < 4.78 is 5.27. The van der Waals surface area contributed by atoms with Crippen LogP contribution in [0, 0.1) is 11.8 Å². The van der Waals surface area contributed by atoms with Crippen molar-refractivity contribution >= 4 is 28.9 Å². The molecule has 5 nitrogen and oxygen atoms in total. The van der Waals surface area contributed by atoms with Gasteiger partial charge in [-0.1, -0.05) is 54.3 Å². The second kappa shape index (κ2) is 10.1. The smallest absolute Gasteiger partial charge is 0.255 e. The van der Waals surface area contributed by atoms with Gasteiger partial charge in [-0.05, 0) is 68.1 Å². The Bertz CT molecular complexity index is 1020. The van der Waals surface area contributed by atoms with Crippen molar-refractivity contribution in [2.24, 2.45) is 17.6 Å². The zero-order chi connectivity index (χ0) is 22.6. The summed E-state index contributed by atoms with van der Waals surface area (Å²) in [6.45, 7) is 5.69. The Morgan fingerprint density at radius 1 is 1.09 bits per heavy atom. The number of amides is 1. The van der Waals surface area contributed by atoms with Crippen molar-refractivity contribution in [1.29, 1.82) is 0 Å². The van der Waals surface area contributed by atoms with Crippen LogP contribution < -0.4 is 10.6 Å². The molecule has 0 spiro atoms. The highest BCUT2D eigenvalue weighted by Gasteiger charge is 2.24. The molecule has 3 saturated heterocycles. The first-order valence-electron chi connectivity index (χ1n) is 11.8. The Balaban J connectivity index is 0.000000238. The number of benzene rings is 1. The molecule has 1 atom stereocenters. The van der Waals surface area contributed by atoms with Gasteiger partial charge in [0.25, 0.3) is 5.91 Å². The predicted octanol–water partition coefficient (Wildman–Crippen LogP) is 4.67. The van der Waals surface area contributed by atoms with E-state index in [2.05, 4.69) is 52.3 Å². The van der Waals surface area contributed by atoms with Crippen molar-refractivity contribution in [1.82, 2.24) is 4.90 Å². The quantitative estimate of drug-likeness (QED) is 0.709. The molecule has 1 aromatic rings. The van der Waals surface area contributed by atoms with E-state index < -0.39 is 0 Å². The number of hydrogen-bond donors (Lipinski definition) is 1. The molecule has 6 heteroatoms. The van der Waals surface area contributed by atoms with Gasteiger partial charge in [0.15, 0.2) is 0 Å². The molecule has 33 heavy (non-hydrogen) atoms. The second-order valence-corrected chi connectivity index (χ2v) is 10.1. The fourth-order valence-corrected chi connectivity index (χ4v) is 6.00. The SMILES string of the molecule is C1CN2CCC1CC2.NC(=O)C1=CC2C=CC=C(c3cccc(N4C=COCC4)c3)C(=C2)S1. The van der Waals surface area contributed by atoms with E-state index in [1.807, 2.05) is 18.4 Å². The summed E-state index contributed by atoms with van der Waals surface area (Å²) in [6.07, 6.45) is 18.4. The number of carbonyl (C=O) groups excluding carboxylic acids is 1. The van der Waals surface area contributed by atoms with Crippen LogP contribution >= 0.6 is 11.8 Å². The molecule has 172 valence electrons. The zero-order valence-corrected chi connectivity index (χ0v) is 19.7. The lowest BCUT2D eigenvalue weighted by atomic mass is 9.89. The number of ether oxygens (including phenoxy) is 1. The van der Waals surface area contributed by atoms with E-state index in [0.717, 1.165) is 34.2 Å². The molecule has 4 bridgehead atoms. The lowest BCUT2D eigenvalue weighted by molar-refractivity contribution is -0.113. The van der Waals surface area contributed by atoms with Crippen molar-refractivity contribution in [3.05, 3.63) is 82.5 Å². The molecule has 7 rings (SSSR count). The van der Waals surface area contributed by atoms with E-state index in [1.165, 1.54) is 50.7 Å². The molecule has 1 aromatic carbocycles. The van der Waals surface area contributed by atoms with Gasteiger partial charge in [-0.25, -0.2) is 0 Å². The van der Waals surface area contributed by atoms with Crippen molar-refractivity contribution in [3.63, 3.8) is 0 Å². The van der Waals surface area contributed by atoms with Gasteiger partial charge in [-0.3, -0.25) is 4.79 Å². The molecule has 5 heterocycles. The summed E-state index contributed by atoms with van der Waals surface area (Å²) in [5.74, 6) is 0.848. The van der Waals surface area contributed by atoms with Gasteiger partial charge in [0.05, 0.1) is 17.7 Å². The van der Waals surface area contributed by atoms with Crippen LogP contribution in [0.25, 0.3) is 5.57 Å². The zero-order valence-electron chi connectivity index (χ0n) is 18.9. The van der Waals surface area contributed by atoms with Crippen LogP contribution in [-0.4, -0.2) is 43.6 Å². The third-order valence-electron chi connectivity index (χ3n) is 6.85. The van der Waals surface area contributed by atoms with Crippen LogP contribution in [0.3, 0.4) is 0 Å². The summed E-state index contributed by atoms with van der Waals surface area (Å²) in [5.41, 5.74) is 8.85. The van der Waals surface area contributed by atoms with Crippen molar-refractivity contribution < 1.29 is 9.53 Å². The molecular formula is C27H31N3O2S. The average Bonchev–Trinajstić information content (AvgIpc) is 3.03. The fraction of sp³-hybridized carbons (Fsp3) is 0.370. The number of anilines is 1. The van der Waals surface area contributed by atoms with E-state index in [-0.39, 0.29) is 11.8 Å². The molecule has 5 aliphatic heterocycles. The van der Waals surface area contributed by atoms with Gasteiger partial charge in [0.2, 0.25) is 0 Å². The van der Waals surface area contributed by atoms with Gasteiger partial charge in [-0.2, -0.15) is 0 Å². The minimum atomic E-state index is -0.373. The third-order valence-corrected chi connectivity index (χ3v) is 7.98. The van der Waals surface area contributed by atoms with E-state index in [1.54, 1.807) is 6.26 Å². The largest absolute Gasteiger partial charge is 0.498 e. The number of piperidine rings is 3. The lowest BCUT2D eigenvalue weighted by Gasteiger charge is -2.38. The molecule has 0 radical (unpaired) electrons. The van der Waals surface area contributed by atoms with Crippen LogP contribution in [0.15, 0.2) is 76.9 Å². The molecule has 2 N–H and O–H groups in total. The minimum absolute atomic E-state index is 0.109. The number of thioether (sulfide) groups is 1. The summed E-state index contributed by atoms with van der Waals surface area (Å²) in [7, 11) is 0. The number of carbonyl (C=O) groups is 1. The van der Waals surface area contributed by atoms with Crippen molar-refractivity contribution in [3.8, 4) is 0 Å². The van der Waals surface area contributed by atoms with Gasteiger partial charge in [-0.15, -0.1) is 0 Å². The van der Waals surface area contributed by atoms with Gasteiger partial charge in [0.1, 0.15) is 6.61 Å². The lowest BCUT2D eigenvalue weighted by Crippen LogP contribution is -2.41. The first kappa shape index (κ1) is 22.1. The standard InChI is InChI=1S/C20H18N2O2S.C7H13N/c21-20(23)19-12-14-3-1-6-17(18(11-14)25-19)15-4-2-5-16(13-15)22-7-9-24-10-8-22;1-4-8-5-2-7(1)3-6-8/h1-7,9,11-14H,8,10H2,(H2,21,23);7H,1-6H2. The molecule has 1 unspecified atom stereocenters. The van der Waals surface area contributed by atoms with Gasteiger partial charge >= 0.3 is 0 Å². The topological polar surface area (TPSA) is 58.8 Å².